The van der Waals surface area contributed by atoms with Crippen LogP contribution in [0.15, 0.2) is 24.8 Å². The highest BCUT2D eigenvalue weighted by atomic mass is 16.5. The summed E-state index contributed by atoms with van der Waals surface area (Å²) in [6.07, 6.45) is 8.99. The van der Waals surface area contributed by atoms with Crippen molar-refractivity contribution >= 4 is 5.91 Å². The summed E-state index contributed by atoms with van der Waals surface area (Å²) in [6.45, 7) is 5.51. The van der Waals surface area contributed by atoms with E-state index in [4.69, 9.17) is 4.74 Å². The molecule has 3 atom stereocenters. The highest BCUT2D eigenvalue weighted by molar-refractivity contribution is 5.83. The molecule has 2 aromatic heterocycles. The van der Waals surface area contributed by atoms with Gasteiger partial charge in [0, 0.05) is 44.4 Å². The molecule has 7 nitrogen and oxygen atoms in total. The highest BCUT2D eigenvalue weighted by Gasteiger charge is 2.33. The van der Waals surface area contributed by atoms with E-state index in [1.54, 1.807) is 17.1 Å². The van der Waals surface area contributed by atoms with Crippen molar-refractivity contribution < 1.29 is 9.53 Å². The van der Waals surface area contributed by atoms with Crippen LogP contribution in [0.1, 0.15) is 50.1 Å². The predicted molar refractivity (Wildman–Crippen MR) is 89.4 cm³/mol. The van der Waals surface area contributed by atoms with E-state index in [1.165, 1.54) is 0 Å². The molecule has 3 heterocycles. The van der Waals surface area contributed by atoms with Crippen LogP contribution in [0.25, 0.3) is 0 Å². The lowest BCUT2D eigenvalue weighted by molar-refractivity contribution is -0.125. The van der Waals surface area contributed by atoms with Gasteiger partial charge in [0.15, 0.2) is 0 Å². The summed E-state index contributed by atoms with van der Waals surface area (Å²) in [6, 6.07) is -0.0573. The largest absolute Gasteiger partial charge is 0.368 e. The number of aryl methyl sites for hydroxylation is 2. The second kappa shape index (κ2) is 7.17. The van der Waals surface area contributed by atoms with Gasteiger partial charge in [0.1, 0.15) is 11.9 Å². The Kier molecular flexibility index (Phi) is 4.99. The van der Waals surface area contributed by atoms with Crippen molar-refractivity contribution in [3.8, 4) is 0 Å². The number of hydrogen-bond donors (Lipinski definition) is 1. The Morgan fingerprint density at radius 3 is 3.08 bits per heavy atom. The van der Waals surface area contributed by atoms with Crippen molar-refractivity contribution in [2.45, 2.75) is 51.3 Å². The molecule has 0 aliphatic carbocycles. The molecule has 130 valence electrons. The fraction of sp³-hybridized carbons (Fsp3) is 0.588. The molecule has 1 unspecified atom stereocenters. The van der Waals surface area contributed by atoms with E-state index < -0.39 is 0 Å². The van der Waals surface area contributed by atoms with Crippen LogP contribution in [-0.2, 0) is 23.1 Å². The fourth-order valence-corrected chi connectivity index (χ4v) is 3.15. The van der Waals surface area contributed by atoms with Gasteiger partial charge in [0.2, 0.25) is 5.91 Å². The molecule has 1 aliphatic heterocycles. The number of nitrogens with zero attached hydrogens (tertiary/aromatic N) is 4. The number of amides is 1. The number of imidazole rings is 1. The van der Waals surface area contributed by atoms with E-state index in [2.05, 4.69) is 26.9 Å². The van der Waals surface area contributed by atoms with Crippen LogP contribution in [0.3, 0.4) is 0 Å². The number of carbonyl (C=O) groups excluding carboxylic acids is 1. The van der Waals surface area contributed by atoms with Crippen molar-refractivity contribution in [3.05, 3.63) is 36.2 Å². The summed E-state index contributed by atoms with van der Waals surface area (Å²) in [4.78, 5) is 17.1. The summed E-state index contributed by atoms with van der Waals surface area (Å²) < 4.78 is 9.73. The molecule has 0 radical (unpaired) electrons. The van der Waals surface area contributed by atoms with Gasteiger partial charge < -0.3 is 14.6 Å². The van der Waals surface area contributed by atoms with Gasteiger partial charge in [-0.1, -0.05) is 0 Å². The fourth-order valence-electron chi connectivity index (χ4n) is 3.15. The predicted octanol–water partition coefficient (Wildman–Crippen LogP) is 1.78. The van der Waals surface area contributed by atoms with E-state index in [9.17, 15) is 4.79 Å². The topological polar surface area (TPSA) is 74.0 Å². The van der Waals surface area contributed by atoms with Crippen molar-refractivity contribution in [2.24, 2.45) is 7.05 Å². The standard InChI is InChI=1S/C17H25N5O2/c1-4-22-8-7-18-16(22)15-14(6-5-9-24-15)20-17(23)12(2)13-10-19-21(3)11-13/h7-8,10-12,14-15H,4-6,9H2,1-3H3,(H,20,23)/t12?,14-,15-/m1/s1. The van der Waals surface area contributed by atoms with Crippen LogP contribution in [0.2, 0.25) is 0 Å². The van der Waals surface area contributed by atoms with E-state index in [1.807, 2.05) is 26.4 Å². The SMILES string of the molecule is CCn1ccnc1[C@@H]1OCCC[C@H]1NC(=O)C(C)c1cnn(C)c1. The summed E-state index contributed by atoms with van der Waals surface area (Å²) in [5.41, 5.74) is 0.915. The maximum absolute atomic E-state index is 12.7. The van der Waals surface area contributed by atoms with Crippen LogP contribution >= 0.6 is 0 Å². The van der Waals surface area contributed by atoms with E-state index >= 15 is 0 Å². The molecule has 1 fully saturated rings. The molecule has 24 heavy (non-hydrogen) atoms. The van der Waals surface area contributed by atoms with E-state index in [0.717, 1.165) is 30.8 Å². The normalized spacial score (nSPS) is 22.3. The van der Waals surface area contributed by atoms with Crippen molar-refractivity contribution in [1.29, 1.82) is 0 Å². The maximum Gasteiger partial charge on any atom is 0.227 e. The Morgan fingerprint density at radius 1 is 1.54 bits per heavy atom. The lowest BCUT2D eigenvalue weighted by atomic mass is 9.99. The number of nitrogens with one attached hydrogen (secondary N) is 1. The highest BCUT2D eigenvalue weighted by Crippen LogP contribution is 2.28. The zero-order chi connectivity index (χ0) is 17.1. The van der Waals surface area contributed by atoms with Crippen molar-refractivity contribution in [3.63, 3.8) is 0 Å². The average Bonchev–Trinajstić information content (AvgIpc) is 3.23. The van der Waals surface area contributed by atoms with Crippen LogP contribution in [0, 0.1) is 0 Å². The number of ether oxygens (including phenoxy) is 1. The zero-order valence-corrected chi connectivity index (χ0v) is 14.5. The Morgan fingerprint density at radius 2 is 2.38 bits per heavy atom. The molecule has 0 bridgehead atoms. The van der Waals surface area contributed by atoms with Gasteiger partial charge in [-0.3, -0.25) is 9.48 Å². The quantitative estimate of drug-likeness (QED) is 0.906. The Bertz CT molecular complexity index is 693. The van der Waals surface area contributed by atoms with Gasteiger partial charge in [0.25, 0.3) is 0 Å². The second-order valence-corrected chi connectivity index (χ2v) is 6.29. The first-order valence-electron chi connectivity index (χ1n) is 8.51. The third-order valence-corrected chi connectivity index (χ3v) is 4.61. The summed E-state index contributed by atoms with van der Waals surface area (Å²) in [5, 5.41) is 7.31. The van der Waals surface area contributed by atoms with Gasteiger partial charge in [0.05, 0.1) is 18.2 Å². The Labute approximate surface area is 142 Å². The molecule has 1 aliphatic rings. The van der Waals surface area contributed by atoms with Gasteiger partial charge in [-0.05, 0) is 26.7 Å². The zero-order valence-electron chi connectivity index (χ0n) is 14.5. The molecular weight excluding hydrogens is 306 g/mol. The first kappa shape index (κ1) is 16.7. The van der Waals surface area contributed by atoms with Gasteiger partial charge >= 0.3 is 0 Å². The molecule has 7 heteroatoms. The second-order valence-electron chi connectivity index (χ2n) is 6.29. The molecule has 0 aromatic carbocycles. The lowest BCUT2D eigenvalue weighted by Crippen LogP contribution is -2.45. The number of aromatic nitrogens is 4. The smallest absolute Gasteiger partial charge is 0.227 e. The van der Waals surface area contributed by atoms with Crippen molar-refractivity contribution in [1.82, 2.24) is 24.6 Å². The minimum atomic E-state index is -0.243. The van der Waals surface area contributed by atoms with Crippen LogP contribution < -0.4 is 5.32 Å². The number of carbonyl (C=O) groups is 1. The molecule has 1 saturated heterocycles. The Balaban J connectivity index is 1.73. The average molecular weight is 331 g/mol. The first-order chi connectivity index (χ1) is 11.6. The van der Waals surface area contributed by atoms with Crippen LogP contribution in [0.4, 0.5) is 0 Å². The monoisotopic (exact) mass is 331 g/mol. The van der Waals surface area contributed by atoms with Gasteiger partial charge in [-0.15, -0.1) is 0 Å². The molecular formula is C17H25N5O2. The van der Waals surface area contributed by atoms with E-state index in [0.29, 0.717) is 6.61 Å². The summed E-state index contributed by atoms with van der Waals surface area (Å²) in [7, 11) is 1.85. The molecule has 1 N–H and O–H groups in total. The minimum Gasteiger partial charge on any atom is -0.368 e. The Hall–Kier alpha value is -2.15. The molecule has 0 saturated carbocycles. The van der Waals surface area contributed by atoms with Gasteiger partial charge in [-0.2, -0.15) is 5.10 Å². The summed E-state index contributed by atoms with van der Waals surface area (Å²) >= 11 is 0. The third-order valence-electron chi connectivity index (χ3n) is 4.61. The maximum atomic E-state index is 12.7. The summed E-state index contributed by atoms with van der Waals surface area (Å²) in [5.74, 6) is 0.641. The number of rotatable bonds is 5. The van der Waals surface area contributed by atoms with Crippen LogP contribution in [-0.4, -0.2) is 37.9 Å². The molecule has 1 amide bonds. The van der Waals surface area contributed by atoms with Crippen molar-refractivity contribution in [2.75, 3.05) is 6.61 Å². The number of hydrogen-bond acceptors (Lipinski definition) is 4. The molecule has 3 rings (SSSR count). The van der Waals surface area contributed by atoms with Gasteiger partial charge in [-0.25, -0.2) is 4.98 Å². The lowest BCUT2D eigenvalue weighted by Gasteiger charge is -2.32. The third kappa shape index (κ3) is 3.36. The first-order valence-corrected chi connectivity index (χ1v) is 8.51. The van der Waals surface area contributed by atoms with E-state index in [-0.39, 0.29) is 24.0 Å². The minimum absolute atomic E-state index is 0.00176. The van der Waals surface area contributed by atoms with Crippen LogP contribution in [0.5, 0.6) is 0 Å². The molecule has 0 spiro atoms. The molecule has 2 aromatic rings.